The van der Waals surface area contributed by atoms with Crippen LogP contribution in [0.4, 0.5) is 11.4 Å². The lowest BCUT2D eigenvalue weighted by Gasteiger charge is -2.41. The summed E-state index contributed by atoms with van der Waals surface area (Å²) < 4.78 is 5.81. The summed E-state index contributed by atoms with van der Waals surface area (Å²) in [5, 5.41) is 4.47. The predicted molar refractivity (Wildman–Crippen MR) is 162 cm³/mol. The smallest absolute Gasteiger partial charge is 0.269 e. The average Bonchev–Trinajstić information content (AvgIpc) is 2.98. The second-order valence-electron chi connectivity index (χ2n) is 9.27. The number of thiocarbonyl (C=S) groups is 1. The minimum atomic E-state index is -1.11. The highest BCUT2D eigenvalue weighted by Gasteiger charge is 2.42. The van der Waals surface area contributed by atoms with Crippen LogP contribution in [-0.4, -0.2) is 33.9 Å². The fourth-order valence-corrected chi connectivity index (χ4v) is 4.78. The number of anilines is 2. The average molecular weight is 585 g/mol. The Morgan fingerprint density at radius 2 is 1.54 bits per heavy atom. The molecule has 0 bridgehead atoms. The first kappa shape index (κ1) is 27.8. The Morgan fingerprint density at radius 3 is 2.20 bits per heavy atom. The van der Waals surface area contributed by atoms with Crippen LogP contribution in [0.3, 0.4) is 0 Å². The van der Waals surface area contributed by atoms with Gasteiger partial charge < -0.3 is 10.1 Å². The Hall–Kier alpha value is -4.73. The monoisotopic (exact) mass is 584 g/mol. The van der Waals surface area contributed by atoms with E-state index in [0.717, 1.165) is 5.56 Å². The maximum absolute atomic E-state index is 13.5. The summed E-state index contributed by atoms with van der Waals surface area (Å²) in [5.74, 6) is -0.140. The second-order valence-corrected chi connectivity index (χ2v) is 10.0. The predicted octanol–water partition coefficient (Wildman–Crippen LogP) is 6.12. The molecule has 0 aliphatic carbocycles. The van der Waals surface area contributed by atoms with Crippen LogP contribution in [0.2, 0.25) is 5.02 Å². The lowest BCUT2D eigenvalue weighted by Crippen LogP contribution is -2.65. The van der Waals surface area contributed by atoms with Crippen LogP contribution < -0.4 is 20.4 Å². The third kappa shape index (κ3) is 6.37. The lowest BCUT2D eigenvalue weighted by atomic mass is 10.1. The van der Waals surface area contributed by atoms with Gasteiger partial charge in [0.1, 0.15) is 17.5 Å². The van der Waals surface area contributed by atoms with Gasteiger partial charge in [-0.15, -0.1) is 0 Å². The Kier molecular flexibility index (Phi) is 8.28. The first-order valence-corrected chi connectivity index (χ1v) is 13.5. The van der Waals surface area contributed by atoms with Crippen molar-refractivity contribution in [1.29, 1.82) is 0 Å². The number of halogens is 1. The topological polar surface area (TPSA) is 91.0 Å². The molecule has 0 aromatic heterocycles. The number of benzene rings is 4. The number of aryl methyl sites for hydroxylation is 1. The summed E-state index contributed by atoms with van der Waals surface area (Å²) in [6.45, 7) is 1.84. The van der Waals surface area contributed by atoms with Crippen molar-refractivity contribution in [3.8, 4) is 11.5 Å². The van der Waals surface area contributed by atoms with E-state index in [2.05, 4.69) is 10.7 Å². The fourth-order valence-electron chi connectivity index (χ4n) is 4.23. The number of hydrogen-bond acceptors (Lipinski definition) is 5. The largest absolute Gasteiger partial charge is 0.457 e. The van der Waals surface area contributed by atoms with Crippen LogP contribution in [0, 0.1) is 6.92 Å². The number of ether oxygens (including phenoxy) is 1. The van der Waals surface area contributed by atoms with Gasteiger partial charge in [-0.25, -0.2) is 5.01 Å². The lowest BCUT2D eigenvalue weighted by molar-refractivity contribution is -0.127. The third-order valence-corrected chi connectivity index (χ3v) is 7.19. The van der Waals surface area contributed by atoms with E-state index in [1.54, 1.807) is 72.8 Å². The number of hydrazine groups is 1. The van der Waals surface area contributed by atoms with Crippen molar-refractivity contribution in [3.63, 3.8) is 0 Å². The standard InChI is InChI=1S/C31H25ClN4O4S/c1-20-12-15-23(18-26(20)32)35-28(37)19-27(36(31(35)41)34-29(38)21-8-4-2-5-9-21)30(39)33-22-13-16-25(17-14-22)40-24-10-6-3-7-11-24/h2-18,27H,19H2,1H3,(H,33,39)(H,34,38). The van der Waals surface area contributed by atoms with Crippen LogP contribution in [0.5, 0.6) is 11.5 Å². The quantitative estimate of drug-likeness (QED) is 0.255. The molecule has 5 rings (SSSR count). The van der Waals surface area contributed by atoms with Gasteiger partial charge in [-0.05, 0) is 85.4 Å². The number of carbonyl (C=O) groups excluding carboxylic acids is 3. The van der Waals surface area contributed by atoms with Crippen LogP contribution in [0.1, 0.15) is 22.3 Å². The van der Waals surface area contributed by atoms with Gasteiger partial charge in [-0.1, -0.05) is 54.1 Å². The summed E-state index contributed by atoms with van der Waals surface area (Å²) in [7, 11) is 0. The van der Waals surface area contributed by atoms with E-state index in [1.165, 1.54) is 9.91 Å². The molecule has 1 heterocycles. The molecule has 4 aromatic carbocycles. The Morgan fingerprint density at radius 1 is 0.902 bits per heavy atom. The molecular formula is C31H25ClN4O4S. The second kappa shape index (κ2) is 12.2. The zero-order valence-electron chi connectivity index (χ0n) is 21.9. The summed E-state index contributed by atoms with van der Waals surface area (Å²) in [4.78, 5) is 41.2. The van der Waals surface area contributed by atoms with Crippen molar-refractivity contribution in [3.05, 3.63) is 119 Å². The molecule has 1 fully saturated rings. The van der Waals surface area contributed by atoms with Gasteiger partial charge in [0, 0.05) is 16.3 Å². The highest BCUT2D eigenvalue weighted by Crippen LogP contribution is 2.29. The zero-order valence-corrected chi connectivity index (χ0v) is 23.5. The van der Waals surface area contributed by atoms with E-state index in [4.69, 9.17) is 28.6 Å². The molecule has 0 saturated carbocycles. The highest BCUT2D eigenvalue weighted by molar-refractivity contribution is 7.80. The number of rotatable bonds is 7. The van der Waals surface area contributed by atoms with Crippen molar-refractivity contribution in [1.82, 2.24) is 10.4 Å². The molecule has 4 aromatic rings. The normalized spacial score (nSPS) is 14.9. The van der Waals surface area contributed by atoms with E-state index in [1.807, 2.05) is 37.3 Å². The first-order chi connectivity index (χ1) is 19.8. The van der Waals surface area contributed by atoms with Gasteiger partial charge in [0.2, 0.25) is 16.9 Å². The molecule has 8 nitrogen and oxygen atoms in total. The molecular weight excluding hydrogens is 560 g/mol. The molecule has 2 N–H and O–H groups in total. The maximum atomic E-state index is 13.5. The molecule has 1 aliphatic rings. The molecule has 206 valence electrons. The van der Waals surface area contributed by atoms with E-state index < -0.39 is 23.8 Å². The SMILES string of the molecule is Cc1ccc(N2C(=O)CC(C(=O)Nc3ccc(Oc4ccccc4)cc3)N(NC(=O)c3ccccc3)C2=S)cc1Cl. The number of amides is 3. The van der Waals surface area contributed by atoms with E-state index in [9.17, 15) is 14.4 Å². The van der Waals surface area contributed by atoms with Crippen molar-refractivity contribution in [2.24, 2.45) is 0 Å². The molecule has 10 heteroatoms. The molecule has 3 amide bonds. The maximum Gasteiger partial charge on any atom is 0.269 e. The van der Waals surface area contributed by atoms with Gasteiger partial charge in [0.05, 0.1) is 12.1 Å². The van der Waals surface area contributed by atoms with Crippen molar-refractivity contribution in [2.75, 3.05) is 10.2 Å². The number of carbonyl (C=O) groups is 3. The first-order valence-electron chi connectivity index (χ1n) is 12.7. The van der Waals surface area contributed by atoms with E-state index >= 15 is 0 Å². The van der Waals surface area contributed by atoms with Crippen molar-refractivity contribution < 1.29 is 19.1 Å². The summed E-state index contributed by atoms with van der Waals surface area (Å²) in [6.07, 6.45) is -0.248. The Bertz CT molecular complexity index is 1600. The van der Waals surface area contributed by atoms with Crippen molar-refractivity contribution >= 4 is 58.0 Å². The van der Waals surface area contributed by atoms with Crippen LogP contribution in [0.25, 0.3) is 0 Å². The molecule has 1 aliphatic heterocycles. The number of nitrogens with one attached hydrogen (secondary N) is 2. The molecule has 0 spiro atoms. The summed E-state index contributed by atoms with van der Waals surface area (Å²) in [6, 6.07) is 28.6. The van der Waals surface area contributed by atoms with Crippen molar-refractivity contribution in [2.45, 2.75) is 19.4 Å². The van der Waals surface area contributed by atoms with Gasteiger partial charge in [0.15, 0.2) is 0 Å². The van der Waals surface area contributed by atoms with Gasteiger partial charge in [0.25, 0.3) is 5.91 Å². The van der Waals surface area contributed by atoms with E-state index in [0.29, 0.717) is 33.5 Å². The fraction of sp³-hybridized carbons (Fsp3) is 0.0968. The minimum Gasteiger partial charge on any atom is -0.457 e. The van der Waals surface area contributed by atoms with Gasteiger partial charge >= 0.3 is 0 Å². The molecule has 1 atom stereocenters. The third-order valence-electron chi connectivity index (χ3n) is 6.40. The van der Waals surface area contributed by atoms with Crippen LogP contribution >= 0.6 is 23.8 Å². The number of para-hydroxylation sites is 1. The number of nitrogens with zero attached hydrogens (tertiary/aromatic N) is 2. The van der Waals surface area contributed by atoms with Gasteiger partial charge in [-0.2, -0.15) is 0 Å². The van der Waals surface area contributed by atoms with Gasteiger partial charge in [-0.3, -0.25) is 24.7 Å². The highest BCUT2D eigenvalue weighted by atomic mass is 35.5. The number of hydrogen-bond donors (Lipinski definition) is 2. The summed E-state index contributed by atoms with van der Waals surface area (Å²) >= 11 is 12.0. The minimum absolute atomic E-state index is 0.0581. The van der Waals surface area contributed by atoms with E-state index in [-0.39, 0.29) is 11.5 Å². The Labute approximate surface area is 247 Å². The van der Waals surface area contributed by atoms with Crippen LogP contribution in [-0.2, 0) is 9.59 Å². The Balaban J connectivity index is 1.38. The van der Waals surface area contributed by atoms with Crippen LogP contribution in [0.15, 0.2) is 103 Å². The molecule has 41 heavy (non-hydrogen) atoms. The molecule has 1 saturated heterocycles. The zero-order chi connectivity index (χ0) is 28.9. The molecule has 0 radical (unpaired) electrons. The molecule has 1 unspecified atom stereocenters. The summed E-state index contributed by atoms with van der Waals surface area (Å²) in [5.41, 5.74) is 4.84.